The number of benzene rings is 2. The maximum atomic E-state index is 11.3. The minimum Gasteiger partial charge on any atom is -0.496 e. The lowest BCUT2D eigenvalue weighted by atomic mass is 10.1. The second kappa shape index (κ2) is 7.35. The number of anilines is 2. The smallest absolute Gasteiger partial charge is 0.221 e. The summed E-state index contributed by atoms with van der Waals surface area (Å²) >= 11 is 1.55. The minimum absolute atomic E-state index is 0.166. The molecule has 2 heterocycles. The molecule has 3 N–H and O–H groups in total. The monoisotopic (exact) mass is 394 g/mol. The van der Waals surface area contributed by atoms with Crippen LogP contribution in [0.4, 0.5) is 11.4 Å². The van der Waals surface area contributed by atoms with Crippen LogP contribution in [0.15, 0.2) is 52.7 Å². The molecular weight excluding hydrogens is 376 g/mol. The number of ether oxygens (including phenoxy) is 1. The molecule has 9 heteroatoms. The van der Waals surface area contributed by atoms with Gasteiger partial charge >= 0.3 is 0 Å². The van der Waals surface area contributed by atoms with E-state index in [1.54, 1.807) is 29.6 Å². The van der Waals surface area contributed by atoms with Crippen molar-refractivity contribution < 1.29 is 9.53 Å². The van der Waals surface area contributed by atoms with Gasteiger partial charge in [0.05, 0.1) is 29.8 Å². The summed E-state index contributed by atoms with van der Waals surface area (Å²) in [5, 5.41) is 16.7. The van der Waals surface area contributed by atoms with Crippen LogP contribution in [0, 0.1) is 0 Å². The molecule has 1 aliphatic heterocycles. The predicted molar refractivity (Wildman–Crippen MR) is 110 cm³/mol. The second-order valence-corrected chi connectivity index (χ2v) is 7.08. The van der Waals surface area contributed by atoms with E-state index in [1.807, 2.05) is 36.4 Å². The number of methoxy groups -OCH3 is 1. The molecule has 3 aromatic rings. The van der Waals surface area contributed by atoms with Crippen molar-refractivity contribution in [2.24, 2.45) is 5.10 Å². The Morgan fingerprint density at radius 3 is 2.82 bits per heavy atom. The van der Waals surface area contributed by atoms with Crippen molar-refractivity contribution in [3.05, 3.63) is 48.0 Å². The number of para-hydroxylation sites is 1. The Labute approximate surface area is 165 Å². The molecule has 1 aromatic heterocycles. The normalized spacial score (nSPS) is 12.9. The number of hydrogen-bond acceptors (Lipinski definition) is 7. The molecule has 0 fully saturated rings. The van der Waals surface area contributed by atoms with Gasteiger partial charge in [-0.15, -0.1) is 10.2 Å². The average Bonchev–Trinajstić information content (AvgIpc) is 3.12. The van der Waals surface area contributed by atoms with Crippen molar-refractivity contribution in [1.29, 1.82) is 0 Å². The van der Waals surface area contributed by atoms with Gasteiger partial charge in [0.1, 0.15) is 5.75 Å². The Morgan fingerprint density at radius 2 is 2.07 bits per heavy atom. The summed E-state index contributed by atoms with van der Waals surface area (Å²) in [5.41, 5.74) is 9.69. The molecule has 0 saturated heterocycles. The number of carbonyl (C=O) groups excluding carboxylic acids is 1. The highest BCUT2D eigenvalue weighted by atomic mass is 32.2. The Kier molecular flexibility index (Phi) is 4.74. The number of amides is 1. The maximum Gasteiger partial charge on any atom is 0.221 e. The molecule has 0 atom stereocenters. The van der Waals surface area contributed by atoms with Crippen LogP contribution in [-0.4, -0.2) is 39.4 Å². The molecule has 0 bridgehead atoms. The van der Waals surface area contributed by atoms with Gasteiger partial charge in [0.15, 0.2) is 5.82 Å². The molecule has 8 nitrogen and oxygen atoms in total. The highest BCUT2D eigenvalue weighted by Crippen LogP contribution is 2.33. The second-order valence-electron chi connectivity index (χ2n) is 6.14. The fourth-order valence-corrected chi connectivity index (χ4v) is 3.75. The van der Waals surface area contributed by atoms with Crippen LogP contribution < -0.4 is 15.8 Å². The van der Waals surface area contributed by atoms with Crippen LogP contribution in [0.2, 0.25) is 0 Å². The zero-order valence-corrected chi connectivity index (χ0v) is 16.2. The molecule has 2 aromatic carbocycles. The van der Waals surface area contributed by atoms with Crippen molar-refractivity contribution in [2.75, 3.05) is 23.9 Å². The van der Waals surface area contributed by atoms with E-state index in [1.165, 1.54) is 6.92 Å². The Hall–Kier alpha value is -3.33. The highest BCUT2D eigenvalue weighted by molar-refractivity contribution is 7.99. The van der Waals surface area contributed by atoms with Gasteiger partial charge in [0, 0.05) is 18.2 Å². The van der Waals surface area contributed by atoms with E-state index < -0.39 is 0 Å². The highest BCUT2D eigenvalue weighted by Gasteiger charge is 2.22. The first-order valence-corrected chi connectivity index (χ1v) is 9.52. The summed E-state index contributed by atoms with van der Waals surface area (Å²) in [5.74, 6) is 1.79. The van der Waals surface area contributed by atoms with E-state index in [0.717, 1.165) is 16.8 Å². The van der Waals surface area contributed by atoms with Gasteiger partial charge in [0.2, 0.25) is 11.1 Å². The molecule has 142 valence electrons. The average molecular weight is 394 g/mol. The maximum absolute atomic E-state index is 11.3. The Bertz CT molecular complexity index is 1090. The molecular formula is C19H18N6O2S. The lowest BCUT2D eigenvalue weighted by molar-refractivity contribution is -0.114. The molecule has 0 unspecified atom stereocenters. The van der Waals surface area contributed by atoms with Crippen LogP contribution >= 0.6 is 11.8 Å². The number of nitrogens with two attached hydrogens (primary N) is 1. The summed E-state index contributed by atoms with van der Waals surface area (Å²) in [6.07, 6.45) is 0. The summed E-state index contributed by atoms with van der Waals surface area (Å²) in [6, 6.07) is 13.1. The largest absolute Gasteiger partial charge is 0.496 e. The van der Waals surface area contributed by atoms with E-state index >= 15 is 0 Å². The Morgan fingerprint density at radius 1 is 1.25 bits per heavy atom. The first-order valence-electron chi connectivity index (χ1n) is 8.53. The summed E-state index contributed by atoms with van der Waals surface area (Å²) in [7, 11) is 1.62. The number of rotatable bonds is 4. The third-order valence-electron chi connectivity index (χ3n) is 4.21. The van der Waals surface area contributed by atoms with Gasteiger partial charge in [-0.2, -0.15) is 9.78 Å². The molecule has 0 spiro atoms. The third kappa shape index (κ3) is 3.31. The fraction of sp³-hybridized carbons (Fsp3) is 0.158. The van der Waals surface area contributed by atoms with Gasteiger partial charge < -0.3 is 15.8 Å². The van der Waals surface area contributed by atoms with Crippen LogP contribution in [0.5, 0.6) is 5.75 Å². The summed E-state index contributed by atoms with van der Waals surface area (Å²) in [4.78, 5) is 11.3. The quantitative estimate of drug-likeness (QED) is 0.659. The van der Waals surface area contributed by atoms with Gasteiger partial charge in [-0.05, 0) is 24.3 Å². The Balaban J connectivity index is 1.74. The first-order chi connectivity index (χ1) is 13.6. The van der Waals surface area contributed by atoms with Crippen molar-refractivity contribution in [3.63, 3.8) is 0 Å². The first kappa shape index (κ1) is 18.1. The number of thioether (sulfide) groups is 1. The lowest BCUT2D eigenvalue weighted by Crippen LogP contribution is -2.15. The third-order valence-corrected chi connectivity index (χ3v) is 5.14. The molecule has 0 radical (unpaired) electrons. The van der Waals surface area contributed by atoms with Crippen LogP contribution in [-0.2, 0) is 4.79 Å². The number of aromatic nitrogens is 3. The van der Waals surface area contributed by atoms with Crippen LogP contribution in [0.25, 0.3) is 11.4 Å². The van der Waals surface area contributed by atoms with Crippen molar-refractivity contribution in [3.8, 4) is 17.1 Å². The SMILES string of the molecule is COc1ccccc1-c1nnc2n1N=C(c1ccc(NC(C)=O)c(N)c1)CS2. The van der Waals surface area contributed by atoms with Crippen molar-refractivity contribution >= 4 is 34.8 Å². The molecule has 28 heavy (non-hydrogen) atoms. The van der Waals surface area contributed by atoms with Gasteiger partial charge in [0.25, 0.3) is 0 Å². The lowest BCUT2D eigenvalue weighted by Gasteiger charge is -2.16. The van der Waals surface area contributed by atoms with Crippen molar-refractivity contribution in [2.45, 2.75) is 12.1 Å². The number of hydrogen-bond donors (Lipinski definition) is 2. The molecule has 0 saturated carbocycles. The number of nitrogens with zero attached hydrogens (tertiary/aromatic N) is 4. The van der Waals surface area contributed by atoms with E-state index in [4.69, 9.17) is 15.6 Å². The zero-order valence-electron chi connectivity index (χ0n) is 15.3. The molecule has 1 aliphatic rings. The van der Waals surface area contributed by atoms with Crippen molar-refractivity contribution in [1.82, 2.24) is 14.9 Å². The number of nitrogens with one attached hydrogen (secondary N) is 1. The summed E-state index contributed by atoms with van der Waals surface area (Å²) in [6.45, 7) is 1.45. The minimum atomic E-state index is -0.166. The number of fused-ring (bicyclic) bond motifs is 1. The van der Waals surface area contributed by atoms with E-state index in [2.05, 4.69) is 15.5 Å². The van der Waals surface area contributed by atoms with Gasteiger partial charge in [-0.3, -0.25) is 4.79 Å². The summed E-state index contributed by atoms with van der Waals surface area (Å²) < 4.78 is 7.17. The van der Waals surface area contributed by atoms with E-state index in [0.29, 0.717) is 33.9 Å². The number of nitrogen functional groups attached to an aromatic ring is 1. The van der Waals surface area contributed by atoms with Gasteiger partial charge in [-0.25, -0.2) is 0 Å². The topological polar surface area (TPSA) is 107 Å². The molecule has 4 rings (SSSR count). The van der Waals surface area contributed by atoms with Gasteiger partial charge in [-0.1, -0.05) is 30.0 Å². The number of carbonyl (C=O) groups is 1. The van der Waals surface area contributed by atoms with E-state index in [-0.39, 0.29) is 5.91 Å². The van der Waals surface area contributed by atoms with Crippen LogP contribution in [0.1, 0.15) is 12.5 Å². The predicted octanol–water partition coefficient (Wildman–Crippen LogP) is 2.85. The van der Waals surface area contributed by atoms with E-state index in [9.17, 15) is 4.79 Å². The van der Waals surface area contributed by atoms with Crippen LogP contribution in [0.3, 0.4) is 0 Å². The fourth-order valence-electron chi connectivity index (χ4n) is 2.91. The standard InChI is InChI=1S/C19H18N6O2S/c1-11(26)21-15-8-7-12(9-14(15)20)16-10-28-19-23-22-18(25(19)24-16)13-5-3-4-6-17(13)27-2/h3-9H,10,20H2,1-2H3,(H,21,26). The molecule has 0 aliphatic carbocycles. The molecule has 1 amide bonds. The zero-order chi connectivity index (χ0) is 19.7.